The van der Waals surface area contributed by atoms with E-state index in [0.717, 1.165) is 39.0 Å². The maximum Gasteiger partial charge on any atom is 0.244 e. The first kappa shape index (κ1) is 12.4. The topological polar surface area (TPSA) is 35.6 Å². The highest BCUT2D eigenvalue weighted by Gasteiger charge is 2.50. The summed E-state index contributed by atoms with van der Waals surface area (Å²) in [5, 5.41) is 3.52. The Bertz CT molecular complexity index is 338. The lowest BCUT2D eigenvalue weighted by Gasteiger charge is -2.40. The number of carbonyl (C=O) groups is 1. The molecule has 18 heavy (non-hydrogen) atoms. The molecular weight excluding hydrogens is 226 g/mol. The van der Waals surface area contributed by atoms with Gasteiger partial charge in [-0.25, -0.2) is 0 Å². The fourth-order valence-electron chi connectivity index (χ4n) is 4.10. The minimum absolute atomic E-state index is 0.178. The average molecular weight is 251 g/mol. The van der Waals surface area contributed by atoms with E-state index in [4.69, 9.17) is 0 Å². The summed E-state index contributed by atoms with van der Waals surface area (Å²) in [6.45, 7) is 5.29. The van der Waals surface area contributed by atoms with Crippen LogP contribution in [-0.2, 0) is 4.79 Å². The van der Waals surface area contributed by atoms with Crippen molar-refractivity contribution in [3.8, 4) is 0 Å². The minimum Gasteiger partial charge on any atom is -0.325 e. The molecule has 1 N–H and O–H groups in total. The molecule has 0 radical (unpaired) electrons. The first-order valence-electron chi connectivity index (χ1n) is 7.37. The number of piperidine rings is 1. The highest BCUT2D eigenvalue weighted by Crippen LogP contribution is 2.36. The van der Waals surface area contributed by atoms with E-state index in [2.05, 4.69) is 29.1 Å². The lowest BCUT2D eigenvalue weighted by Crippen LogP contribution is -2.51. The number of carbonyl (C=O) groups excluding carboxylic acids is 1. The van der Waals surface area contributed by atoms with E-state index in [0.29, 0.717) is 17.9 Å². The van der Waals surface area contributed by atoms with Crippen molar-refractivity contribution in [1.82, 2.24) is 15.1 Å². The number of hydrogen-bond acceptors (Lipinski definition) is 3. The van der Waals surface area contributed by atoms with Crippen molar-refractivity contribution >= 4 is 5.91 Å². The first-order chi connectivity index (χ1) is 8.62. The van der Waals surface area contributed by atoms with Gasteiger partial charge in [-0.1, -0.05) is 19.8 Å². The SMILES string of the molecule is CC1CN(C)CCC1N1CNC2(CCCC2)C1=O. The van der Waals surface area contributed by atoms with E-state index < -0.39 is 0 Å². The summed E-state index contributed by atoms with van der Waals surface area (Å²) in [5.41, 5.74) is -0.178. The van der Waals surface area contributed by atoms with Crippen LogP contribution in [-0.4, -0.2) is 54.1 Å². The van der Waals surface area contributed by atoms with E-state index in [9.17, 15) is 4.79 Å². The number of nitrogens with zero attached hydrogens (tertiary/aromatic N) is 2. The number of likely N-dealkylation sites (tertiary alicyclic amines) is 1. The highest BCUT2D eigenvalue weighted by atomic mass is 16.2. The number of nitrogens with one attached hydrogen (secondary N) is 1. The molecule has 3 aliphatic rings. The molecule has 2 aliphatic heterocycles. The average Bonchev–Trinajstić information content (AvgIpc) is 2.92. The standard InChI is InChI=1S/C14H25N3O/c1-11-9-16(2)8-5-12(11)17-10-15-14(13(17)18)6-3-4-7-14/h11-12,15H,3-10H2,1-2H3. The summed E-state index contributed by atoms with van der Waals surface area (Å²) in [4.78, 5) is 17.2. The van der Waals surface area contributed by atoms with Crippen molar-refractivity contribution in [2.24, 2.45) is 5.92 Å². The molecule has 1 aliphatic carbocycles. The van der Waals surface area contributed by atoms with Crippen LogP contribution in [0.5, 0.6) is 0 Å². The van der Waals surface area contributed by atoms with E-state index in [1.807, 2.05) is 0 Å². The van der Waals surface area contributed by atoms with Gasteiger partial charge >= 0.3 is 0 Å². The maximum absolute atomic E-state index is 12.7. The Morgan fingerprint density at radius 2 is 2.06 bits per heavy atom. The Labute approximate surface area is 110 Å². The predicted molar refractivity (Wildman–Crippen MR) is 71.1 cm³/mol. The number of amides is 1. The maximum atomic E-state index is 12.7. The third-order valence-corrected chi connectivity index (χ3v) is 5.18. The summed E-state index contributed by atoms with van der Waals surface area (Å²) < 4.78 is 0. The molecule has 3 rings (SSSR count). The van der Waals surface area contributed by atoms with E-state index >= 15 is 0 Å². The van der Waals surface area contributed by atoms with Gasteiger partial charge in [0, 0.05) is 12.6 Å². The lowest BCUT2D eigenvalue weighted by atomic mass is 9.91. The molecule has 1 amide bonds. The number of rotatable bonds is 1. The third-order valence-electron chi connectivity index (χ3n) is 5.18. The van der Waals surface area contributed by atoms with Crippen LogP contribution in [0.2, 0.25) is 0 Å². The van der Waals surface area contributed by atoms with Crippen LogP contribution in [0.15, 0.2) is 0 Å². The fraction of sp³-hybridized carbons (Fsp3) is 0.929. The second kappa shape index (κ2) is 4.49. The van der Waals surface area contributed by atoms with Crippen LogP contribution in [0, 0.1) is 5.92 Å². The molecule has 4 heteroatoms. The Hall–Kier alpha value is -0.610. The van der Waals surface area contributed by atoms with Crippen molar-refractivity contribution in [2.45, 2.75) is 50.6 Å². The third kappa shape index (κ3) is 1.86. The van der Waals surface area contributed by atoms with E-state index in [1.54, 1.807) is 0 Å². The molecule has 0 aromatic rings. The van der Waals surface area contributed by atoms with Gasteiger partial charge in [-0.15, -0.1) is 0 Å². The van der Waals surface area contributed by atoms with E-state index in [-0.39, 0.29) is 5.54 Å². The van der Waals surface area contributed by atoms with Crippen molar-refractivity contribution in [3.05, 3.63) is 0 Å². The van der Waals surface area contributed by atoms with Crippen molar-refractivity contribution in [1.29, 1.82) is 0 Å². The summed E-state index contributed by atoms with van der Waals surface area (Å²) in [5.74, 6) is 0.979. The second-order valence-electron chi connectivity index (χ2n) is 6.49. The van der Waals surface area contributed by atoms with Crippen molar-refractivity contribution in [3.63, 3.8) is 0 Å². The summed E-state index contributed by atoms with van der Waals surface area (Å²) in [6.07, 6.45) is 5.62. The Balaban J connectivity index is 1.72. The Morgan fingerprint density at radius 1 is 1.33 bits per heavy atom. The molecule has 1 saturated carbocycles. The fourth-order valence-corrected chi connectivity index (χ4v) is 4.10. The molecule has 1 spiro atoms. The van der Waals surface area contributed by atoms with Gasteiger partial charge in [0.1, 0.15) is 0 Å². The van der Waals surface area contributed by atoms with Gasteiger partial charge in [0.05, 0.1) is 12.2 Å². The predicted octanol–water partition coefficient (Wildman–Crippen LogP) is 1.03. The number of hydrogen-bond donors (Lipinski definition) is 1. The smallest absolute Gasteiger partial charge is 0.244 e. The Kier molecular flexibility index (Phi) is 3.10. The lowest BCUT2D eigenvalue weighted by molar-refractivity contribution is -0.136. The van der Waals surface area contributed by atoms with Crippen molar-refractivity contribution < 1.29 is 4.79 Å². The van der Waals surface area contributed by atoms with Crippen molar-refractivity contribution in [2.75, 3.05) is 26.8 Å². The summed E-state index contributed by atoms with van der Waals surface area (Å²) in [6, 6.07) is 0.446. The Morgan fingerprint density at radius 3 is 2.72 bits per heavy atom. The molecule has 2 atom stereocenters. The molecular formula is C14H25N3O. The molecule has 4 nitrogen and oxygen atoms in total. The molecule has 3 fully saturated rings. The zero-order valence-electron chi connectivity index (χ0n) is 11.6. The van der Waals surface area contributed by atoms with Gasteiger partial charge in [-0.05, 0) is 38.8 Å². The molecule has 0 aromatic carbocycles. The molecule has 102 valence electrons. The van der Waals surface area contributed by atoms with Crippen LogP contribution < -0.4 is 5.32 Å². The zero-order valence-corrected chi connectivity index (χ0v) is 11.6. The molecule has 2 saturated heterocycles. The van der Waals surface area contributed by atoms with Gasteiger partial charge in [0.2, 0.25) is 5.91 Å². The van der Waals surface area contributed by atoms with Crippen LogP contribution in [0.4, 0.5) is 0 Å². The van der Waals surface area contributed by atoms with Gasteiger partial charge in [0.25, 0.3) is 0 Å². The van der Waals surface area contributed by atoms with Gasteiger partial charge in [-0.3, -0.25) is 10.1 Å². The summed E-state index contributed by atoms with van der Waals surface area (Å²) in [7, 11) is 2.18. The highest BCUT2D eigenvalue weighted by molar-refractivity contribution is 5.89. The van der Waals surface area contributed by atoms with Crippen LogP contribution in [0.3, 0.4) is 0 Å². The molecule has 2 heterocycles. The molecule has 2 unspecified atom stereocenters. The van der Waals surface area contributed by atoms with Gasteiger partial charge < -0.3 is 9.80 Å². The van der Waals surface area contributed by atoms with Gasteiger partial charge in [0.15, 0.2) is 0 Å². The van der Waals surface area contributed by atoms with Gasteiger partial charge in [-0.2, -0.15) is 0 Å². The summed E-state index contributed by atoms with van der Waals surface area (Å²) >= 11 is 0. The minimum atomic E-state index is -0.178. The molecule has 0 bridgehead atoms. The largest absolute Gasteiger partial charge is 0.325 e. The monoisotopic (exact) mass is 251 g/mol. The zero-order chi connectivity index (χ0) is 12.8. The second-order valence-corrected chi connectivity index (χ2v) is 6.49. The van der Waals surface area contributed by atoms with Crippen LogP contribution >= 0.6 is 0 Å². The molecule has 0 aromatic heterocycles. The first-order valence-corrected chi connectivity index (χ1v) is 7.37. The van der Waals surface area contributed by atoms with Crippen LogP contribution in [0.1, 0.15) is 39.0 Å². The van der Waals surface area contributed by atoms with E-state index in [1.165, 1.54) is 12.8 Å². The quantitative estimate of drug-likeness (QED) is 0.756. The van der Waals surface area contributed by atoms with Crippen LogP contribution in [0.25, 0.3) is 0 Å². The normalized spacial score (nSPS) is 36.8.